The molecular formula is C18H18O4. The number of carbonyl (C=O) groups excluding carboxylic acids is 1. The summed E-state index contributed by atoms with van der Waals surface area (Å²) in [5, 5.41) is 0. The minimum absolute atomic E-state index is 0.299. The Morgan fingerprint density at radius 2 is 1.82 bits per heavy atom. The molecule has 0 aliphatic heterocycles. The molecule has 22 heavy (non-hydrogen) atoms. The van der Waals surface area contributed by atoms with E-state index in [-0.39, 0.29) is 0 Å². The van der Waals surface area contributed by atoms with Gasteiger partial charge in [-0.3, -0.25) is 0 Å². The van der Waals surface area contributed by atoms with Gasteiger partial charge >= 0.3 is 5.97 Å². The molecule has 0 spiro atoms. The molecule has 114 valence electrons. The van der Waals surface area contributed by atoms with Gasteiger partial charge in [0, 0.05) is 5.56 Å². The zero-order valence-electron chi connectivity index (χ0n) is 12.8. The van der Waals surface area contributed by atoms with Crippen molar-refractivity contribution in [2.45, 2.75) is 6.92 Å². The predicted octanol–water partition coefficient (Wildman–Crippen LogP) is 3.95. The number of esters is 1. The highest BCUT2D eigenvalue weighted by atomic mass is 16.5. The van der Waals surface area contributed by atoms with Crippen LogP contribution in [0.2, 0.25) is 0 Å². The Bertz CT molecular complexity index is 689. The molecule has 0 aliphatic carbocycles. The third-order valence-corrected chi connectivity index (χ3v) is 3.04. The predicted molar refractivity (Wildman–Crippen MR) is 84.7 cm³/mol. The van der Waals surface area contributed by atoms with E-state index in [9.17, 15) is 4.79 Å². The van der Waals surface area contributed by atoms with Crippen LogP contribution < -0.4 is 4.74 Å². The maximum atomic E-state index is 11.9. The topological polar surface area (TPSA) is 44.8 Å². The monoisotopic (exact) mass is 298 g/mol. The van der Waals surface area contributed by atoms with Gasteiger partial charge in [-0.15, -0.1) is 0 Å². The number of rotatable bonds is 5. The summed E-state index contributed by atoms with van der Waals surface area (Å²) in [4.78, 5) is 11.9. The number of hydrogen-bond acceptors (Lipinski definition) is 4. The molecule has 0 N–H and O–H groups in total. The molecule has 2 aromatic rings. The van der Waals surface area contributed by atoms with Crippen molar-refractivity contribution in [3.8, 4) is 11.5 Å². The maximum absolute atomic E-state index is 11.9. The average molecular weight is 298 g/mol. The van der Waals surface area contributed by atoms with E-state index in [1.807, 2.05) is 43.3 Å². The molecule has 0 unspecified atom stereocenters. The molecule has 0 fully saturated rings. The summed E-state index contributed by atoms with van der Waals surface area (Å²) in [7, 11) is 2.81. The van der Waals surface area contributed by atoms with Crippen LogP contribution in [0.15, 0.2) is 54.8 Å². The first kappa shape index (κ1) is 15.6. The summed E-state index contributed by atoms with van der Waals surface area (Å²) >= 11 is 0. The Morgan fingerprint density at radius 1 is 1.05 bits per heavy atom. The van der Waals surface area contributed by atoms with Gasteiger partial charge < -0.3 is 14.2 Å². The second-order valence-electron chi connectivity index (χ2n) is 4.67. The van der Waals surface area contributed by atoms with E-state index in [0.29, 0.717) is 22.6 Å². The van der Waals surface area contributed by atoms with Crippen LogP contribution in [0.3, 0.4) is 0 Å². The van der Waals surface area contributed by atoms with E-state index in [4.69, 9.17) is 14.2 Å². The summed E-state index contributed by atoms with van der Waals surface area (Å²) in [6.07, 6.45) is 1.35. The quantitative estimate of drug-likeness (QED) is 0.476. The van der Waals surface area contributed by atoms with Gasteiger partial charge in [-0.2, -0.15) is 0 Å². The summed E-state index contributed by atoms with van der Waals surface area (Å²) in [5.74, 6) is 0.776. The Labute approximate surface area is 129 Å². The molecule has 0 atom stereocenters. The summed E-state index contributed by atoms with van der Waals surface area (Å²) in [6.45, 7) is 1.99. The highest BCUT2D eigenvalue weighted by Crippen LogP contribution is 2.31. The largest absolute Gasteiger partial charge is 0.503 e. The van der Waals surface area contributed by atoms with Gasteiger partial charge in [0.1, 0.15) is 17.1 Å². The van der Waals surface area contributed by atoms with E-state index in [1.54, 1.807) is 12.1 Å². The van der Waals surface area contributed by atoms with Crippen molar-refractivity contribution in [3.63, 3.8) is 0 Å². The molecular weight excluding hydrogens is 280 g/mol. The Balaban J connectivity index is 2.41. The molecule has 0 saturated heterocycles. The molecule has 0 bridgehead atoms. The van der Waals surface area contributed by atoms with Crippen molar-refractivity contribution >= 4 is 11.5 Å². The minimum Gasteiger partial charge on any atom is -0.503 e. The standard InChI is InChI=1S/C18H18O4/c1-13-7-6-8-14(11-13)22-17-10-5-4-9-15(17)16(12-20-2)18(19)21-3/h4-12H,1-3H3. The fourth-order valence-electron chi connectivity index (χ4n) is 2.03. The Hall–Kier alpha value is -2.75. The lowest BCUT2D eigenvalue weighted by atomic mass is 10.1. The van der Waals surface area contributed by atoms with E-state index in [1.165, 1.54) is 20.5 Å². The van der Waals surface area contributed by atoms with Gasteiger partial charge in [-0.05, 0) is 30.7 Å². The van der Waals surface area contributed by atoms with Crippen LogP contribution in [-0.4, -0.2) is 20.2 Å². The summed E-state index contributed by atoms with van der Waals surface area (Å²) in [6, 6.07) is 14.9. The van der Waals surface area contributed by atoms with E-state index >= 15 is 0 Å². The molecule has 0 heterocycles. The number of para-hydroxylation sites is 1. The SMILES string of the molecule is COC=C(C(=O)OC)c1ccccc1Oc1cccc(C)c1. The van der Waals surface area contributed by atoms with E-state index in [0.717, 1.165) is 5.56 Å². The van der Waals surface area contributed by atoms with E-state index < -0.39 is 5.97 Å². The number of carbonyl (C=O) groups is 1. The molecule has 2 aromatic carbocycles. The first-order chi connectivity index (χ1) is 10.7. The van der Waals surface area contributed by atoms with Gasteiger partial charge in [0.15, 0.2) is 0 Å². The first-order valence-corrected chi connectivity index (χ1v) is 6.81. The van der Waals surface area contributed by atoms with Crippen molar-refractivity contribution in [1.82, 2.24) is 0 Å². The van der Waals surface area contributed by atoms with Gasteiger partial charge in [0.25, 0.3) is 0 Å². The first-order valence-electron chi connectivity index (χ1n) is 6.81. The minimum atomic E-state index is -0.484. The zero-order valence-corrected chi connectivity index (χ0v) is 12.8. The van der Waals surface area contributed by atoms with Crippen LogP contribution in [0.1, 0.15) is 11.1 Å². The second-order valence-corrected chi connectivity index (χ2v) is 4.67. The Morgan fingerprint density at radius 3 is 2.50 bits per heavy atom. The van der Waals surface area contributed by atoms with E-state index in [2.05, 4.69) is 0 Å². The number of benzene rings is 2. The second kappa shape index (κ2) is 7.31. The lowest BCUT2D eigenvalue weighted by Gasteiger charge is -2.13. The third-order valence-electron chi connectivity index (χ3n) is 3.04. The summed E-state index contributed by atoms with van der Waals surface area (Å²) in [5.41, 5.74) is 2.00. The van der Waals surface area contributed by atoms with Crippen LogP contribution in [0.25, 0.3) is 5.57 Å². The highest BCUT2D eigenvalue weighted by Gasteiger charge is 2.17. The van der Waals surface area contributed by atoms with Crippen LogP contribution in [0, 0.1) is 6.92 Å². The van der Waals surface area contributed by atoms with Crippen molar-refractivity contribution in [2.24, 2.45) is 0 Å². The van der Waals surface area contributed by atoms with Gasteiger partial charge in [0.2, 0.25) is 0 Å². The fraction of sp³-hybridized carbons (Fsp3) is 0.167. The van der Waals surface area contributed by atoms with Crippen molar-refractivity contribution in [1.29, 1.82) is 0 Å². The number of aryl methyl sites for hydroxylation is 1. The van der Waals surface area contributed by atoms with Crippen molar-refractivity contribution < 1.29 is 19.0 Å². The molecule has 0 amide bonds. The molecule has 4 nitrogen and oxygen atoms in total. The van der Waals surface area contributed by atoms with Crippen LogP contribution >= 0.6 is 0 Å². The molecule has 0 aromatic heterocycles. The zero-order chi connectivity index (χ0) is 15.9. The number of ether oxygens (including phenoxy) is 3. The molecule has 0 aliphatic rings. The van der Waals surface area contributed by atoms with Crippen molar-refractivity contribution in [3.05, 3.63) is 65.9 Å². The molecule has 0 radical (unpaired) electrons. The van der Waals surface area contributed by atoms with Crippen LogP contribution in [-0.2, 0) is 14.3 Å². The molecule has 0 saturated carbocycles. The smallest absolute Gasteiger partial charge is 0.341 e. The fourth-order valence-corrected chi connectivity index (χ4v) is 2.03. The van der Waals surface area contributed by atoms with Gasteiger partial charge in [-0.25, -0.2) is 4.79 Å². The average Bonchev–Trinajstić information content (AvgIpc) is 2.53. The Kier molecular flexibility index (Phi) is 5.20. The normalized spacial score (nSPS) is 11.0. The third kappa shape index (κ3) is 3.67. The highest BCUT2D eigenvalue weighted by molar-refractivity contribution is 6.17. The van der Waals surface area contributed by atoms with Gasteiger partial charge in [-0.1, -0.05) is 30.3 Å². The van der Waals surface area contributed by atoms with Crippen LogP contribution in [0.5, 0.6) is 11.5 Å². The van der Waals surface area contributed by atoms with Crippen molar-refractivity contribution in [2.75, 3.05) is 14.2 Å². The lowest BCUT2D eigenvalue weighted by Crippen LogP contribution is -2.05. The molecule has 2 rings (SSSR count). The maximum Gasteiger partial charge on any atom is 0.341 e. The summed E-state index contributed by atoms with van der Waals surface area (Å²) < 4.78 is 15.7. The van der Waals surface area contributed by atoms with Crippen LogP contribution in [0.4, 0.5) is 0 Å². The lowest BCUT2D eigenvalue weighted by molar-refractivity contribution is -0.133. The van der Waals surface area contributed by atoms with Gasteiger partial charge in [0.05, 0.1) is 20.5 Å². The number of hydrogen-bond donors (Lipinski definition) is 0. The number of methoxy groups -OCH3 is 2. The molecule has 4 heteroatoms.